The number of hydrogen-bond donors (Lipinski definition) is 0. The van der Waals surface area contributed by atoms with E-state index in [0.717, 1.165) is 11.1 Å². The van der Waals surface area contributed by atoms with Gasteiger partial charge in [0.05, 0.1) is 0 Å². The normalized spacial score (nSPS) is 18.4. The second-order valence-corrected chi connectivity index (χ2v) is 5.94. The second kappa shape index (κ2) is 6.65. The van der Waals surface area contributed by atoms with Gasteiger partial charge in [0.1, 0.15) is 0 Å². The zero-order valence-electron chi connectivity index (χ0n) is 13.2. The molecule has 3 rings (SSSR count). The number of amides is 2. The van der Waals surface area contributed by atoms with Crippen LogP contribution >= 0.6 is 0 Å². The van der Waals surface area contributed by atoms with Crippen molar-refractivity contribution in [2.24, 2.45) is 0 Å². The predicted octanol–water partition coefficient (Wildman–Crippen LogP) is 2.45. The van der Waals surface area contributed by atoms with Crippen LogP contribution in [0, 0.1) is 0 Å². The lowest BCUT2D eigenvalue weighted by atomic mass is 10.1. The van der Waals surface area contributed by atoms with Crippen molar-refractivity contribution in [2.75, 3.05) is 6.54 Å². The average molecular weight is 308 g/mol. The fourth-order valence-electron chi connectivity index (χ4n) is 2.91. The topological polar surface area (TPSA) is 40.6 Å². The lowest BCUT2D eigenvalue weighted by Gasteiger charge is -2.39. The number of carbonyl (C=O) groups is 2. The van der Waals surface area contributed by atoms with Gasteiger partial charge in [-0.15, -0.1) is 0 Å². The van der Waals surface area contributed by atoms with Crippen LogP contribution in [0.25, 0.3) is 0 Å². The highest BCUT2D eigenvalue weighted by Crippen LogP contribution is 2.18. The molecule has 0 saturated carbocycles. The van der Waals surface area contributed by atoms with Crippen molar-refractivity contribution in [1.29, 1.82) is 0 Å². The molecule has 0 aliphatic carbocycles. The Balaban J connectivity index is 1.71. The number of hydrogen-bond acceptors (Lipinski definition) is 2. The van der Waals surface area contributed by atoms with Gasteiger partial charge in [-0.25, -0.2) is 0 Å². The number of rotatable bonds is 4. The first kappa shape index (κ1) is 15.3. The number of carbonyl (C=O) groups excluding carboxylic acids is 2. The van der Waals surface area contributed by atoms with E-state index in [4.69, 9.17) is 0 Å². The summed E-state index contributed by atoms with van der Waals surface area (Å²) in [7, 11) is 0. The van der Waals surface area contributed by atoms with Crippen molar-refractivity contribution >= 4 is 11.8 Å². The van der Waals surface area contributed by atoms with Crippen LogP contribution in [0.3, 0.4) is 0 Å². The predicted molar refractivity (Wildman–Crippen MR) is 88.3 cm³/mol. The summed E-state index contributed by atoms with van der Waals surface area (Å²) in [6, 6.07) is 19.5. The van der Waals surface area contributed by atoms with Gasteiger partial charge in [-0.05, 0) is 18.1 Å². The van der Waals surface area contributed by atoms with Gasteiger partial charge in [-0.2, -0.15) is 0 Å². The first-order chi connectivity index (χ1) is 11.1. The van der Waals surface area contributed by atoms with E-state index >= 15 is 0 Å². The van der Waals surface area contributed by atoms with E-state index in [1.165, 1.54) is 0 Å². The number of piperazine rings is 1. The molecule has 0 bridgehead atoms. The third kappa shape index (κ3) is 3.42. The quantitative estimate of drug-likeness (QED) is 0.814. The third-order valence-corrected chi connectivity index (χ3v) is 4.16. The Labute approximate surface area is 136 Å². The minimum absolute atomic E-state index is 0.00381. The largest absolute Gasteiger partial charge is 0.328 e. The van der Waals surface area contributed by atoms with Crippen LogP contribution in [-0.2, 0) is 22.7 Å². The standard InChI is InChI=1S/C19H20N2O2/c1-15-12-20(13-16-8-4-2-5-9-16)18(22)19(23)21(15)14-17-10-6-3-7-11-17/h2-11,15H,12-14H2,1H3/t15-/m0/s1. The highest BCUT2D eigenvalue weighted by molar-refractivity contribution is 6.35. The summed E-state index contributed by atoms with van der Waals surface area (Å²) in [6.07, 6.45) is 0. The monoisotopic (exact) mass is 308 g/mol. The Hall–Kier alpha value is -2.62. The average Bonchev–Trinajstić information content (AvgIpc) is 2.58. The molecule has 2 aromatic rings. The van der Waals surface area contributed by atoms with Crippen LogP contribution in [0.5, 0.6) is 0 Å². The molecule has 118 valence electrons. The number of nitrogens with zero attached hydrogens (tertiary/aromatic N) is 2. The van der Waals surface area contributed by atoms with E-state index in [1.54, 1.807) is 9.80 Å². The van der Waals surface area contributed by atoms with Crippen LogP contribution in [0.2, 0.25) is 0 Å². The maximum absolute atomic E-state index is 12.5. The van der Waals surface area contributed by atoms with Gasteiger partial charge in [0, 0.05) is 25.7 Å². The van der Waals surface area contributed by atoms with Crippen LogP contribution in [-0.4, -0.2) is 34.2 Å². The highest BCUT2D eigenvalue weighted by atomic mass is 16.2. The van der Waals surface area contributed by atoms with Crippen molar-refractivity contribution in [1.82, 2.24) is 9.80 Å². The summed E-state index contributed by atoms with van der Waals surface area (Å²) in [5.74, 6) is -0.827. The summed E-state index contributed by atoms with van der Waals surface area (Å²) < 4.78 is 0. The number of benzene rings is 2. The van der Waals surface area contributed by atoms with Crippen molar-refractivity contribution in [3.63, 3.8) is 0 Å². The molecule has 0 aromatic heterocycles. The highest BCUT2D eigenvalue weighted by Gasteiger charge is 2.36. The van der Waals surface area contributed by atoms with E-state index in [9.17, 15) is 9.59 Å². The molecule has 0 spiro atoms. The lowest BCUT2D eigenvalue weighted by molar-refractivity contribution is -0.159. The zero-order valence-corrected chi connectivity index (χ0v) is 13.2. The zero-order chi connectivity index (χ0) is 16.2. The fraction of sp³-hybridized carbons (Fsp3) is 0.263. The molecule has 1 aliphatic rings. The molecule has 1 heterocycles. The van der Waals surface area contributed by atoms with Crippen LogP contribution in [0.15, 0.2) is 60.7 Å². The van der Waals surface area contributed by atoms with E-state index in [0.29, 0.717) is 19.6 Å². The Morgan fingerprint density at radius 1 is 0.826 bits per heavy atom. The maximum Gasteiger partial charge on any atom is 0.312 e. The molecule has 0 unspecified atom stereocenters. The molecular formula is C19H20N2O2. The van der Waals surface area contributed by atoms with E-state index in [1.807, 2.05) is 67.6 Å². The Morgan fingerprint density at radius 3 is 1.91 bits per heavy atom. The van der Waals surface area contributed by atoms with Gasteiger partial charge in [0.25, 0.3) is 0 Å². The maximum atomic E-state index is 12.5. The molecule has 0 radical (unpaired) electrons. The van der Waals surface area contributed by atoms with Gasteiger partial charge >= 0.3 is 11.8 Å². The van der Waals surface area contributed by atoms with Crippen molar-refractivity contribution in [3.05, 3.63) is 71.8 Å². The molecular weight excluding hydrogens is 288 g/mol. The molecule has 4 nitrogen and oxygen atoms in total. The summed E-state index contributed by atoms with van der Waals surface area (Å²) in [6.45, 7) is 3.51. The molecule has 1 saturated heterocycles. The van der Waals surface area contributed by atoms with E-state index < -0.39 is 11.8 Å². The molecule has 1 atom stereocenters. The Morgan fingerprint density at radius 2 is 1.35 bits per heavy atom. The first-order valence-corrected chi connectivity index (χ1v) is 7.83. The van der Waals surface area contributed by atoms with Crippen molar-refractivity contribution in [3.8, 4) is 0 Å². The van der Waals surface area contributed by atoms with Gasteiger partial charge < -0.3 is 9.80 Å². The minimum Gasteiger partial charge on any atom is -0.328 e. The minimum atomic E-state index is -0.414. The molecule has 4 heteroatoms. The van der Waals surface area contributed by atoms with Gasteiger partial charge in [-0.1, -0.05) is 60.7 Å². The van der Waals surface area contributed by atoms with E-state index in [2.05, 4.69) is 0 Å². The molecule has 0 N–H and O–H groups in total. The molecule has 2 aromatic carbocycles. The lowest BCUT2D eigenvalue weighted by Crippen LogP contribution is -2.57. The third-order valence-electron chi connectivity index (χ3n) is 4.16. The molecule has 2 amide bonds. The van der Waals surface area contributed by atoms with Crippen LogP contribution < -0.4 is 0 Å². The summed E-state index contributed by atoms with van der Waals surface area (Å²) >= 11 is 0. The SMILES string of the molecule is C[C@H]1CN(Cc2ccccc2)C(=O)C(=O)N1Cc1ccccc1. The molecule has 1 fully saturated rings. The van der Waals surface area contributed by atoms with Crippen molar-refractivity contribution in [2.45, 2.75) is 26.1 Å². The molecule has 23 heavy (non-hydrogen) atoms. The first-order valence-electron chi connectivity index (χ1n) is 7.83. The molecule has 1 aliphatic heterocycles. The van der Waals surface area contributed by atoms with Gasteiger partial charge in [0.2, 0.25) is 0 Å². The summed E-state index contributed by atoms with van der Waals surface area (Å²) in [5.41, 5.74) is 2.08. The van der Waals surface area contributed by atoms with Crippen LogP contribution in [0.1, 0.15) is 18.1 Å². The summed E-state index contributed by atoms with van der Waals surface area (Å²) in [4.78, 5) is 28.2. The van der Waals surface area contributed by atoms with Crippen LogP contribution in [0.4, 0.5) is 0 Å². The van der Waals surface area contributed by atoms with Gasteiger partial charge in [-0.3, -0.25) is 9.59 Å². The Bertz CT molecular complexity index is 685. The van der Waals surface area contributed by atoms with E-state index in [-0.39, 0.29) is 6.04 Å². The second-order valence-electron chi connectivity index (χ2n) is 5.94. The Kier molecular flexibility index (Phi) is 4.42. The summed E-state index contributed by atoms with van der Waals surface area (Å²) in [5, 5.41) is 0. The fourth-order valence-corrected chi connectivity index (χ4v) is 2.91. The van der Waals surface area contributed by atoms with Gasteiger partial charge in [0.15, 0.2) is 0 Å². The van der Waals surface area contributed by atoms with Crippen molar-refractivity contribution < 1.29 is 9.59 Å². The smallest absolute Gasteiger partial charge is 0.312 e.